The number of hydrogen-bond acceptors (Lipinski definition) is 8. The minimum atomic E-state index is -0.844. The lowest BCUT2D eigenvalue weighted by atomic mass is 9.55. The molecule has 0 aromatic heterocycles. The Bertz CT molecular complexity index is 1820. The van der Waals surface area contributed by atoms with Crippen LogP contribution in [-0.4, -0.2) is 53.7 Å². The molecule has 11 heteroatoms. The highest BCUT2D eigenvalue weighted by Crippen LogP contribution is 2.61. The Morgan fingerprint density at radius 3 is 2.43 bits per heavy atom. The molecule has 7 unspecified atom stereocenters. The third-order valence-electron chi connectivity index (χ3n) is 12.4. The highest BCUT2D eigenvalue weighted by atomic mass is 16.7. The first-order valence-corrected chi connectivity index (χ1v) is 20.5. The second-order valence-corrected chi connectivity index (χ2v) is 16.2. The lowest BCUT2D eigenvalue weighted by molar-refractivity contribution is -0.131. The van der Waals surface area contributed by atoms with Gasteiger partial charge in [-0.05, 0) is 135 Å². The van der Waals surface area contributed by atoms with E-state index in [-0.39, 0.29) is 29.9 Å². The van der Waals surface area contributed by atoms with E-state index in [0.717, 1.165) is 49.7 Å². The molecule has 3 aliphatic carbocycles. The molecule has 56 heavy (non-hydrogen) atoms. The molecule has 11 nitrogen and oxygen atoms in total. The van der Waals surface area contributed by atoms with Crippen LogP contribution in [0.5, 0.6) is 5.75 Å². The molecule has 0 heterocycles. The summed E-state index contributed by atoms with van der Waals surface area (Å²) < 4.78 is 11.6. The van der Waals surface area contributed by atoms with Gasteiger partial charge in [0.15, 0.2) is 0 Å². The quantitative estimate of drug-likeness (QED) is 0.0764. The van der Waals surface area contributed by atoms with Crippen molar-refractivity contribution in [1.29, 1.82) is 0 Å². The van der Waals surface area contributed by atoms with E-state index in [0.29, 0.717) is 74.3 Å². The van der Waals surface area contributed by atoms with E-state index in [1.165, 1.54) is 11.1 Å². The van der Waals surface area contributed by atoms with Gasteiger partial charge in [-0.1, -0.05) is 62.4 Å². The van der Waals surface area contributed by atoms with E-state index in [4.69, 9.17) is 15.2 Å². The van der Waals surface area contributed by atoms with Crippen molar-refractivity contribution in [2.75, 3.05) is 11.9 Å². The van der Waals surface area contributed by atoms with Crippen LogP contribution >= 0.6 is 0 Å². The molecule has 0 aliphatic heterocycles. The lowest BCUT2D eigenvalue weighted by Crippen LogP contribution is -2.53. The van der Waals surface area contributed by atoms with Crippen molar-refractivity contribution in [3.8, 4) is 5.75 Å². The number of nitrogens with one attached hydrogen (secondary N) is 3. The third kappa shape index (κ3) is 9.90. The van der Waals surface area contributed by atoms with Crippen LogP contribution in [0, 0.1) is 17.3 Å². The van der Waals surface area contributed by atoms with Gasteiger partial charge in [0.2, 0.25) is 17.7 Å². The number of aromatic hydroxyl groups is 1. The van der Waals surface area contributed by atoms with Gasteiger partial charge in [-0.25, -0.2) is 4.79 Å². The van der Waals surface area contributed by atoms with Crippen molar-refractivity contribution >= 4 is 29.6 Å². The van der Waals surface area contributed by atoms with Gasteiger partial charge in [-0.2, -0.15) is 0 Å². The first-order valence-electron chi connectivity index (χ1n) is 20.5. The van der Waals surface area contributed by atoms with E-state index >= 15 is 0 Å². The number of phenolic OH excluding ortho intramolecular Hbond substituents is 1. The molecular formula is C45H58N4O7. The summed E-state index contributed by atoms with van der Waals surface area (Å²) in [6, 6.07) is 20.6. The van der Waals surface area contributed by atoms with Crippen LogP contribution < -0.4 is 21.7 Å². The Hall–Kier alpha value is -4.90. The summed E-state index contributed by atoms with van der Waals surface area (Å²) in [4.78, 5) is 52.6. The Morgan fingerprint density at radius 2 is 1.68 bits per heavy atom. The maximum atomic E-state index is 13.6. The summed E-state index contributed by atoms with van der Waals surface area (Å²) in [6.07, 6.45) is 8.01. The molecular weight excluding hydrogens is 709 g/mol. The van der Waals surface area contributed by atoms with Gasteiger partial charge < -0.3 is 36.3 Å². The van der Waals surface area contributed by atoms with E-state index in [9.17, 15) is 24.3 Å². The van der Waals surface area contributed by atoms with Crippen molar-refractivity contribution in [2.45, 2.75) is 122 Å². The number of carbonyl (C=O) groups is 4. The first kappa shape index (κ1) is 40.8. The van der Waals surface area contributed by atoms with Gasteiger partial charge in [-0.3, -0.25) is 14.4 Å². The number of aryl methyl sites for hydroxylation is 1. The van der Waals surface area contributed by atoms with E-state index in [1.807, 2.05) is 43.3 Å². The Kier molecular flexibility index (Phi) is 13.7. The lowest BCUT2D eigenvalue weighted by Gasteiger charge is -2.50. The fourth-order valence-corrected chi connectivity index (χ4v) is 9.51. The standard InChI is InChI=1S/C45H58N4O7/c1-3-9-41(51)48-39(26-29-10-5-4-6-11-29)43(53)49-38(12-7-8-25-46)42(52)47-32-16-13-30(14-17-32)28-55-44(54)56-40-22-21-37-36-19-15-31-27-33(50)18-20-34(31)35(36)23-24-45(37,40)2/h4-6,10-11,13-14,16-18,20,27,35-40,50H,3,7-9,12,15,19,21-26,28,46H2,1-2H3,(H,47,52)(H,48,51)(H,49,53). The highest BCUT2D eigenvalue weighted by Gasteiger charge is 2.56. The van der Waals surface area contributed by atoms with Gasteiger partial charge in [0, 0.05) is 23.9 Å². The smallest absolute Gasteiger partial charge is 0.508 e. The summed E-state index contributed by atoms with van der Waals surface area (Å²) in [5.41, 5.74) is 10.4. The van der Waals surface area contributed by atoms with Crippen molar-refractivity contribution in [2.24, 2.45) is 23.0 Å². The number of hydrogen-bond donors (Lipinski definition) is 5. The Morgan fingerprint density at radius 1 is 0.893 bits per heavy atom. The van der Waals surface area contributed by atoms with Gasteiger partial charge >= 0.3 is 6.16 Å². The summed E-state index contributed by atoms with van der Waals surface area (Å²) in [7, 11) is 0. The molecule has 0 radical (unpaired) electrons. The fourth-order valence-electron chi connectivity index (χ4n) is 9.51. The van der Waals surface area contributed by atoms with Crippen LogP contribution in [0.1, 0.15) is 106 Å². The van der Waals surface area contributed by atoms with Crippen molar-refractivity contribution < 1.29 is 33.8 Å². The molecule has 6 N–H and O–H groups in total. The number of fused-ring (bicyclic) bond motifs is 5. The number of phenols is 1. The van der Waals surface area contributed by atoms with Crippen LogP contribution in [0.2, 0.25) is 0 Å². The van der Waals surface area contributed by atoms with Gasteiger partial charge in [0.1, 0.15) is 30.5 Å². The zero-order valence-corrected chi connectivity index (χ0v) is 32.8. The molecule has 3 amide bonds. The summed E-state index contributed by atoms with van der Waals surface area (Å²) >= 11 is 0. The number of amides is 3. The van der Waals surface area contributed by atoms with Gasteiger partial charge in [0.05, 0.1) is 0 Å². The maximum absolute atomic E-state index is 13.6. The normalized spacial score (nSPS) is 23.3. The van der Waals surface area contributed by atoms with Crippen LogP contribution in [0.25, 0.3) is 0 Å². The number of nitrogens with two attached hydrogens (primary N) is 1. The summed E-state index contributed by atoms with van der Waals surface area (Å²) in [6.45, 7) is 4.67. The largest absolute Gasteiger partial charge is 0.508 e. The van der Waals surface area contributed by atoms with Gasteiger partial charge in [0.25, 0.3) is 0 Å². The topological polar surface area (TPSA) is 169 Å². The first-order chi connectivity index (χ1) is 27.1. The Balaban J connectivity index is 1.01. The summed E-state index contributed by atoms with van der Waals surface area (Å²) in [5.74, 6) is 0.806. The molecule has 3 aromatic carbocycles. The second-order valence-electron chi connectivity index (χ2n) is 16.2. The number of anilines is 1. The predicted octanol–water partition coefficient (Wildman–Crippen LogP) is 7.05. The number of carbonyl (C=O) groups excluding carboxylic acids is 4. The third-order valence-corrected chi connectivity index (χ3v) is 12.4. The van der Waals surface area contributed by atoms with Crippen molar-refractivity contribution in [3.05, 3.63) is 95.1 Å². The zero-order chi connectivity index (χ0) is 39.7. The van der Waals surface area contributed by atoms with E-state index in [2.05, 4.69) is 28.9 Å². The van der Waals surface area contributed by atoms with Crippen molar-refractivity contribution in [1.82, 2.24) is 10.6 Å². The number of rotatable bonds is 16. The molecule has 2 saturated carbocycles. The molecule has 3 aromatic rings. The predicted molar refractivity (Wildman–Crippen MR) is 215 cm³/mol. The molecule has 3 aliphatic rings. The highest BCUT2D eigenvalue weighted by molar-refractivity contribution is 5.98. The SMILES string of the molecule is CCCC(=O)NC(Cc1ccccc1)C(=O)NC(CCCCN)C(=O)Nc1ccc(COC(=O)OC2CCC3C4CCc5cc(O)ccc5C4CCC23C)cc1. The molecule has 7 atom stereocenters. The van der Waals surface area contributed by atoms with Crippen LogP contribution in [0.15, 0.2) is 72.8 Å². The number of ether oxygens (including phenoxy) is 2. The molecule has 0 saturated heterocycles. The van der Waals surface area contributed by atoms with Gasteiger partial charge in [-0.15, -0.1) is 0 Å². The minimum Gasteiger partial charge on any atom is -0.508 e. The number of unbranched alkanes of at least 4 members (excludes halogenated alkanes) is 1. The summed E-state index contributed by atoms with van der Waals surface area (Å²) in [5, 5.41) is 18.7. The molecule has 2 fully saturated rings. The Labute approximate surface area is 330 Å². The molecule has 0 bridgehead atoms. The number of benzene rings is 3. The zero-order valence-electron chi connectivity index (χ0n) is 32.8. The monoisotopic (exact) mass is 766 g/mol. The average Bonchev–Trinajstić information content (AvgIpc) is 3.52. The minimum absolute atomic E-state index is 0.0264. The molecule has 300 valence electrons. The van der Waals surface area contributed by atoms with E-state index < -0.39 is 24.1 Å². The average molecular weight is 767 g/mol. The van der Waals surface area contributed by atoms with Crippen molar-refractivity contribution in [3.63, 3.8) is 0 Å². The van der Waals surface area contributed by atoms with E-state index in [1.54, 1.807) is 30.3 Å². The van der Waals surface area contributed by atoms with Crippen LogP contribution in [0.3, 0.4) is 0 Å². The second kappa shape index (κ2) is 18.8. The fraction of sp³-hybridized carbons (Fsp3) is 0.511. The maximum Gasteiger partial charge on any atom is 0.508 e. The molecule has 6 rings (SSSR count). The van der Waals surface area contributed by atoms with Crippen LogP contribution in [-0.2, 0) is 43.3 Å². The molecule has 0 spiro atoms. The van der Waals surface area contributed by atoms with Crippen LogP contribution in [0.4, 0.5) is 10.5 Å².